The van der Waals surface area contributed by atoms with Crippen molar-refractivity contribution in [2.75, 3.05) is 20.4 Å². The molecule has 0 fully saturated rings. The zero-order chi connectivity index (χ0) is 14.8. The first kappa shape index (κ1) is 13.5. The molecule has 2 heterocycles. The zero-order valence-electron chi connectivity index (χ0n) is 12.2. The van der Waals surface area contributed by atoms with Crippen LogP contribution in [-0.4, -0.2) is 43.4 Å². The average Bonchev–Trinajstić information content (AvgIpc) is 2.92. The van der Waals surface area contributed by atoms with Crippen molar-refractivity contribution in [3.63, 3.8) is 0 Å². The quantitative estimate of drug-likeness (QED) is 0.847. The number of hydrogen-bond donors (Lipinski definition) is 2. The van der Waals surface area contributed by atoms with Gasteiger partial charge in [0.25, 0.3) is 0 Å². The Kier molecular flexibility index (Phi) is 3.55. The van der Waals surface area contributed by atoms with Gasteiger partial charge in [0, 0.05) is 13.6 Å². The summed E-state index contributed by atoms with van der Waals surface area (Å²) in [6, 6.07) is 5.95. The highest BCUT2D eigenvalue weighted by molar-refractivity contribution is 5.99. The van der Waals surface area contributed by atoms with Crippen LogP contribution in [0.4, 0.5) is 0 Å². The number of rotatable bonds is 3. The van der Waals surface area contributed by atoms with E-state index in [-0.39, 0.29) is 6.17 Å². The Morgan fingerprint density at radius 3 is 3.05 bits per heavy atom. The number of fused-ring (bicyclic) bond motifs is 1. The molecule has 1 atom stereocenters. The lowest BCUT2D eigenvalue weighted by Crippen LogP contribution is -2.49. The number of ether oxygens (including phenoxy) is 2. The smallest absolute Gasteiger partial charge is 0.231 e. The number of likely N-dealkylation sites (N-methyl/N-ethyl adjacent to an activating group) is 1. The Bertz CT molecular complexity index is 599. The number of benzene rings is 1. The first-order chi connectivity index (χ1) is 10.1. The molecule has 0 aliphatic carbocycles. The predicted molar refractivity (Wildman–Crippen MR) is 80.6 cm³/mol. The van der Waals surface area contributed by atoms with Crippen molar-refractivity contribution in [2.45, 2.75) is 19.5 Å². The SMILES string of the molecule is CC1N=C(N)NC(N(C)CCc2cccc3c2OCO3)=N1. The van der Waals surface area contributed by atoms with E-state index >= 15 is 0 Å². The fourth-order valence-corrected chi connectivity index (χ4v) is 2.36. The minimum absolute atomic E-state index is 0.151. The molecule has 0 spiro atoms. The maximum atomic E-state index is 5.73. The van der Waals surface area contributed by atoms with E-state index in [9.17, 15) is 0 Å². The number of aliphatic imine (C=N–C) groups is 2. The molecule has 1 aromatic rings. The van der Waals surface area contributed by atoms with E-state index in [2.05, 4.69) is 21.4 Å². The highest BCUT2D eigenvalue weighted by atomic mass is 16.7. The minimum atomic E-state index is -0.151. The fraction of sp³-hybridized carbons (Fsp3) is 0.429. The minimum Gasteiger partial charge on any atom is -0.454 e. The van der Waals surface area contributed by atoms with Crippen LogP contribution >= 0.6 is 0 Å². The van der Waals surface area contributed by atoms with Crippen molar-refractivity contribution in [2.24, 2.45) is 15.7 Å². The molecule has 0 radical (unpaired) electrons. The molecule has 0 saturated heterocycles. The molecule has 2 aliphatic heterocycles. The Labute approximate surface area is 123 Å². The number of nitrogens with one attached hydrogen (secondary N) is 1. The summed E-state index contributed by atoms with van der Waals surface area (Å²) in [5, 5.41) is 2.98. The molecule has 3 rings (SSSR count). The van der Waals surface area contributed by atoms with E-state index in [1.165, 1.54) is 0 Å². The van der Waals surface area contributed by atoms with Crippen molar-refractivity contribution >= 4 is 11.9 Å². The Balaban J connectivity index is 1.64. The Morgan fingerprint density at radius 2 is 2.24 bits per heavy atom. The van der Waals surface area contributed by atoms with Crippen LogP contribution < -0.4 is 20.5 Å². The van der Waals surface area contributed by atoms with Gasteiger partial charge in [0.05, 0.1) is 0 Å². The van der Waals surface area contributed by atoms with Gasteiger partial charge >= 0.3 is 0 Å². The molecule has 0 saturated carbocycles. The van der Waals surface area contributed by atoms with E-state index in [4.69, 9.17) is 15.2 Å². The van der Waals surface area contributed by atoms with Crippen molar-refractivity contribution in [3.8, 4) is 11.5 Å². The summed E-state index contributed by atoms with van der Waals surface area (Å²) in [5.41, 5.74) is 6.86. The lowest BCUT2D eigenvalue weighted by Gasteiger charge is -2.25. The summed E-state index contributed by atoms with van der Waals surface area (Å²) >= 11 is 0. The van der Waals surface area contributed by atoms with Crippen LogP contribution in [0.2, 0.25) is 0 Å². The monoisotopic (exact) mass is 289 g/mol. The standard InChI is InChI=1S/C14H19N5O2/c1-9-16-13(15)18-14(17-9)19(2)7-6-10-4-3-5-11-12(10)21-8-20-11/h3-5,9H,6-8H2,1-2H3,(H3,15,16,17,18). The van der Waals surface area contributed by atoms with E-state index in [0.717, 1.165) is 36.0 Å². The lowest BCUT2D eigenvalue weighted by molar-refractivity contribution is 0.173. The first-order valence-corrected chi connectivity index (χ1v) is 6.90. The second-order valence-corrected chi connectivity index (χ2v) is 5.05. The Hall–Kier alpha value is -2.44. The first-order valence-electron chi connectivity index (χ1n) is 6.90. The number of hydrogen-bond acceptors (Lipinski definition) is 7. The van der Waals surface area contributed by atoms with E-state index in [1.54, 1.807) is 0 Å². The molecule has 3 N–H and O–H groups in total. The molecule has 21 heavy (non-hydrogen) atoms. The van der Waals surface area contributed by atoms with Crippen LogP contribution in [0.25, 0.3) is 0 Å². The van der Waals surface area contributed by atoms with Gasteiger partial charge in [-0.15, -0.1) is 0 Å². The Morgan fingerprint density at radius 1 is 1.38 bits per heavy atom. The highest BCUT2D eigenvalue weighted by Crippen LogP contribution is 2.35. The summed E-state index contributed by atoms with van der Waals surface area (Å²) < 4.78 is 10.9. The van der Waals surface area contributed by atoms with Crippen molar-refractivity contribution in [3.05, 3.63) is 23.8 Å². The maximum absolute atomic E-state index is 5.73. The topological polar surface area (TPSA) is 84.5 Å². The van der Waals surface area contributed by atoms with Crippen molar-refractivity contribution in [1.29, 1.82) is 0 Å². The molecule has 0 aromatic heterocycles. The normalized spacial score (nSPS) is 19.6. The molecule has 1 unspecified atom stereocenters. The van der Waals surface area contributed by atoms with Gasteiger partial charge in [-0.05, 0) is 25.0 Å². The molecular formula is C14H19N5O2. The van der Waals surface area contributed by atoms with Gasteiger partial charge in [-0.25, -0.2) is 9.98 Å². The predicted octanol–water partition coefficient (Wildman–Crippen LogP) is 0.510. The number of guanidine groups is 2. The van der Waals surface area contributed by atoms with Gasteiger partial charge in [-0.1, -0.05) is 12.1 Å². The molecule has 7 nitrogen and oxygen atoms in total. The maximum Gasteiger partial charge on any atom is 0.231 e. The lowest BCUT2D eigenvalue weighted by atomic mass is 10.1. The van der Waals surface area contributed by atoms with Gasteiger partial charge in [0.2, 0.25) is 12.8 Å². The van der Waals surface area contributed by atoms with Gasteiger partial charge in [0.1, 0.15) is 6.17 Å². The molecule has 0 amide bonds. The van der Waals surface area contributed by atoms with Crippen LogP contribution in [0, 0.1) is 0 Å². The van der Waals surface area contributed by atoms with Gasteiger partial charge in [0.15, 0.2) is 17.5 Å². The number of nitrogens with two attached hydrogens (primary N) is 1. The van der Waals surface area contributed by atoms with E-state index in [0.29, 0.717) is 12.8 Å². The fourth-order valence-electron chi connectivity index (χ4n) is 2.36. The van der Waals surface area contributed by atoms with Gasteiger partial charge in [-0.3, -0.25) is 5.32 Å². The van der Waals surface area contributed by atoms with E-state index < -0.39 is 0 Å². The molecule has 0 bridgehead atoms. The third kappa shape index (κ3) is 2.86. The number of para-hydroxylation sites is 1. The largest absolute Gasteiger partial charge is 0.454 e. The molecule has 2 aliphatic rings. The van der Waals surface area contributed by atoms with Crippen molar-refractivity contribution < 1.29 is 9.47 Å². The summed E-state index contributed by atoms with van der Waals surface area (Å²) in [6.45, 7) is 2.98. The second kappa shape index (κ2) is 5.51. The highest BCUT2D eigenvalue weighted by Gasteiger charge is 2.19. The van der Waals surface area contributed by atoms with Crippen LogP contribution in [0.5, 0.6) is 11.5 Å². The molecule has 112 valence electrons. The van der Waals surface area contributed by atoms with Gasteiger partial charge < -0.3 is 20.1 Å². The average molecular weight is 289 g/mol. The third-order valence-corrected chi connectivity index (χ3v) is 3.43. The molecular weight excluding hydrogens is 270 g/mol. The van der Waals surface area contributed by atoms with Crippen LogP contribution in [-0.2, 0) is 6.42 Å². The van der Waals surface area contributed by atoms with Crippen LogP contribution in [0.1, 0.15) is 12.5 Å². The summed E-state index contributed by atoms with van der Waals surface area (Å²) in [4.78, 5) is 10.6. The summed E-state index contributed by atoms with van der Waals surface area (Å²) in [5.74, 6) is 2.80. The van der Waals surface area contributed by atoms with Crippen LogP contribution in [0.3, 0.4) is 0 Å². The number of nitrogens with zero attached hydrogens (tertiary/aromatic N) is 3. The van der Waals surface area contributed by atoms with Crippen molar-refractivity contribution in [1.82, 2.24) is 10.2 Å². The summed E-state index contributed by atoms with van der Waals surface area (Å²) in [7, 11) is 1.97. The summed E-state index contributed by atoms with van der Waals surface area (Å²) in [6.07, 6.45) is 0.677. The third-order valence-electron chi connectivity index (χ3n) is 3.43. The molecule has 1 aromatic carbocycles. The van der Waals surface area contributed by atoms with Crippen LogP contribution in [0.15, 0.2) is 28.2 Å². The second-order valence-electron chi connectivity index (χ2n) is 5.05. The molecule has 7 heteroatoms. The zero-order valence-corrected chi connectivity index (χ0v) is 12.2. The van der Waals surface area contributed by atoms with E-state index in [1.807, 2.05) is 31.0 Å². The van der Waals surface area contributed by atoms with Gasteiger partial charge in [-0.2, -0.15) is 0 Å².